The van der Waals surface area contributed by atoms with Crippen molar-refractivity contribution in [3.63, 3.8) is 0 Å². The summed E-state index contributed by atoms with van der Waals surface area (Å²) in [5.74, 6) is -0.579. The lowest BCUT2D eigenvalue weighted by molar-refractivity contribution is -0.125. The third-order valence-electron chi connectivity index (χ3n) is 4.68. The van der Waals surface area contributed by atoms with E-state index in [1.165, 1.54) is 0 Å². The van der Waals surface area contributed by atoms with Gasteiger partial charge >= 0.3 is 0 Å². The average Bonchev–Trinajstić information content (AvgIpc) is 2.70. The molecule has 1 aromatic rings. The van der Waals surface area contributed by atoms with Gasteiger partial charge in [0.1, 0.15) is 6.04 Å². The maximum Gasteiger partial charge on any atom is 0.243 e. The van der Waals surface area contributed by atoms with Crippen molar-refractivity contribution in [1.29, 1.82) is 5.26 Å². The lowest BCUT2D eigenvalue weighted by atomic mass is 9.96. The van der Waals surface area contributed by atoms with Crippen molar-refractivity contribution in [2.75, 3.05) is 23.4 Å². The molecule has 2 atom stereocenters. The molecule has 7 nitrogen and oxygen atoms in total. The molecule has 0 saturated carbocycles. The molecule has 0 bridgehead atoms. The molecule has 2 aliphatic rings. The van der Waals surface area contributed by atoms with Crippen molar-refractivity contribution >= 4 is 23.2 Å². The maximum atomic E-state index is 13.1. The Hall–Kier alpha value is -2.43. The van der Waals surface area contributed by atoms with Crippen LogP contribution >= 0.6 is 0 Å². The third-order valence-corrected chi connectivity index (χ3v) is 4.68. The van der Waals surface area contributed by atoms with Gasteiger partial charge < -0.3 is 20.7 Å². The summed E-state index contributed by atoms with van der Waals surface area (Å²) in [6, 6.07) is 5.60. The number of ether oxygens (including phenoxy) is 1. The molecule has 0 radical (unpaired) electrons. The summed E-state index contributed by atoms with van der Waals surface area (Å²) in [5.41, 5.74) is 7.49. The van der Waals surface area contributed by atoms with Crippen LogP contribution in [0.5, 0.6) is 0 Å². The van der Waals surface area contributed by atoms with Crippen LogP contribution in [0, 0.1) is 17.2 Å². The van der Waals surface area contributed by atoms with E-state index in [9.17, 15) is 14.9 Å². The highest BCUT2D eigenvalue weighted by atomic mass is 16.5. The average molecular weight is 328 g/mol. The van der Waals surface area contributed by atoms with Gasteiger partial charge in [0, 0.05) is 19.1 Å². The fourth-order valence-corrected chi connectivity index (χ4v) is 3.18. The molecule has 0 unspecified atom stereocenters. The molecule has 7 heteroatoms. The molecule has 1 fully saturated rings. The molecule has 1 saturated heterocycles. The number of nitrogens with two attached hydrogens (primary N) is 1. The molecular weight excluding hydrogens is 308 g/mol. The normalized spacial score (nSPS) is 24.5. The first-order valence-electron chi connectivity index (χ1n) is 8.04. The van der Waals surface area contributed by atoms with Crippen LogP contribution in [0.15, 0.2) is 18.2 Å². The number of anilines is 2. The zero-order valence-electron chi connectivity index (χ0n) is 13.5. The van der Waals surface area contributed by atoms with Crippen LogP contribution in [-0.2, 0) is 14.3 Å². The minimum atomic E-state index is -0.841. The summed E-state index contributed by atoms with van der Waals surface area (Å²) >= 11 is 0. The topological polar surface area (TPSA) is 108 Å². The SMILES string of the molecule is C[C@H]1[C@H](N)C(=O)Nc2ccc(C#N)cc2N1C(=O)C1CCOCC1. The van der Waals surface area contributed by atoms with E-state index in [0.29, 0.717) is 43.0 Å². The van der Waals surface area contributed by atoms with Crippen LogP contribution in [0.1, 0.15) is 25.3 Å². The number of rotatable bonds is 1. The Kier molecular flexibility index (Phi) is 4.51. The van der Waals surface area contributed by atoms with Gasteiger partial charge in [-0.3, -0.25) is 9.59 Å². The number of nitriles is 1. The highest BCUT2D eigenvalue weighted by Gasteiger charge is 2.38. The van der Waals surface area contributed by atoms with Gasteiger partial charge in [-0.2, -0.15) is 5.26 Å². The quantitative estimate of drug-likeness (QED) is 0.799. The van der Waals surface area contributed by atoms with Crippen LogP contribution in [-0.4, -0.2) is 37.1 Å². The monoisotopic (exact) mass is 328 g/mol. The number of carbonyl (C=O) groups excluding carboxylic acids is 2. The van der Waals surface area contributed by atoms with Crippen molar-refractivity contribution in [3.8, 4) is 6.07 Å². The van der Waals surface area contributed by atoms with Crippen LogP contribution in [0.25, 0.3) is 0 Å². The highest BCUT2D eigenvalue weighted by Crippen LogP contribution is 2.34. The summed E-state index contributed by atoms with van der Waals surface area (Å²) in [6.45, 7) is 2.86. The highest BCUT2D eigenvalue weighted by molar-refractivity contribution is 6.07. The van der Waals surface area contributed by atoms with Crippen LogP contribution in [0.2, 0.25) is 0 Å². The third kappa shape index (κ3) is 2.86. The number of carbonyl (C=O) groups is 2. The summed E-state index contributed by atoms with van der Waals surface area (Å²) in [7, 11) is 0. The van der Waals surface area contributed by atoms with Crippen molar-refractivity contribution in [1.82, 2.24) is 0 Å². The van der Waals surface area contributed by atoms with Gasteiger partial charge in [-0.1, -0.05) is 0 Å². The Labute approximate surface area is 140 Å². The first-order chi connectivity index (χ1) is 11.5. The van der Waals surface area contributed by atoms with Gasteiger partial charge in [0.2, 0.25) is 11.8 Å². The Balaban J connectivity index is 2.06. The first kappa shape index (κ1) is 16.4. The Morgan fingerprint density at radius 2 is 2.12 bits per heavy atom. The zero-order chi connectivity index (χ0) is 17.3. The molecule has 3 rings (SSSR count). The van der Waals surface area contributed by atoms with Crippen LogP contribution in [0.3, 0.4) is 0 Å². The molecule has 2 amide bonds. The summed E-state index contributed by atoms with van der Waals surface area (Å²) in [6.07, 6.45) is 1.29. The van der Waals surface area contributed by atoms with Gasteiger partial charge in [-0.15, -0.1) is 0 Å². The fourth-order valence-electron chi connectivity index (χ4n) is 3.18. The standard InChI is InChI=1S/C17H20N4O3/c1-10-15(19)16(22)20-13-3-2-11(9-18)8-14(13)21(10)17(23)12-4-6-24-7-5-12/h2-3,8,10,12,15H,4-7,19H2,1H3,(H,20,22)/t10-,15-/m0/s1. The van der Waals surface area contributed by atoms with E-state index in [2.05, 4.69) is 11.4 Å². The van der Waals surface area contributed by atoms with Crippen molar-refractivity contribution in [3.05, 3.63) is 23.8 Å². The smallest absolute Gasteiger partial charge is 0.243 e. The maximum absolute atomic E-state index is 13.1. The zero-order valence-corrected chi connectivity index (χ0v) is 13.5. The molecule has 0 spiro atoms. The van der Waals surface area contributed by atoms with E-state index in [4.69, 9.17) is 10.5 Å². The predicted octanol–water partition coefficient (Wildman–Crippen LogP) is 0.986. The lowest BCUT2D eigenvalue weighted by Gasteiger charge is -2.34. The van der Waals surface area contributed by atoms with Gasteiger partial charge in [0.25, 0.3) is 0 Å². The molecule has 2 heterocycles. The van der Waals surface area contributed by atoms with Crippen molar-refractivity contribution in [2.45, 2.75) is 31.8 Å². The number of benzene rings is 1. The number of nitrogens with zero attached hydrogens (tertiary/aromatic N) is 2. The summed E-state index contributed by atoms with van der Waals surface area (Å²) in [5, 5.41) is 11.9. The number of hydrogen-bond acceptors (Lipinski definition) is 5. The van der Waals surface area contributed by atoms with Crippen LogP contribution < -0.4 is 16.0 Å². The summed E-state index contributed by atoms with van der Waals surface area (Å²) in [4.78, 5) is 26.9. The molecule has 2 aliphatic heterocycles. The van der Waals surface area contributed by atoms with E-state index in [-0.39, 0.29) is 17.7 Å². The minimum absolute atomic E-state index is 0.0749. The second-order valence-electron chi connectivity index (χ2n) is 6.19. The number of hydrogen-bond donors (Lipinski definition) is 2. The Morgan fingerprint density at radius 1 is 1.42 bits per heavy atom. The first-order valence-corrected chi connectivity index (χ1v) is 8.04. The molecule has 126 valence electrons. The molecular formula is C17H20N4O3. The van der Waals surface area contributed by atoms with E-state index in [1.807, 2.05) is 0 Å². The second kappa shape index (κ2) is 6.59. The number of fused-ring (bicyclic) bond motifs is 1. The van der Waals surface area contributed by atoms with E-state index in [0.717, 1.165) is 0 Å². The van der Waals surface area contributed by atoms with E-state index >= 15 is 0 Å². The van der Waals surface area contributed by atoms with Crippen LogP contribution in [0.4, 0.5) is 11.4 Å². The lowest BCUT2D eigenvalue weighted by Crippen LogP contribution is -2.54. The van der Waals surface area contributed by atoms with E-state index in [1.54, 1.807) is 30.0 Å². The summed E-state index contributed by atoms with van der Waals surface area (Å²) < 4.78 is 5.33. The van der Waals surface area contributed by atoms with Gasteiger partial charge in [0.05, 0.1) is 29.0 Å². The predicted molar refractivity (Wildman–Crippen MR) is 88.3 cm³/mol. The fraction of sp³-hybridized carbons (Fsp3) is 0.471. The van der Waals surface area contributed by atoms with Crippen molar-refractivity contribution < 1.29 is 14.3 Å². The minimum Gasteiger partial charge on any atom is -0.381 e. The molecule has 0 aliphatic carbocycles. The van der Waals surface area contributed by atoms with Gasteiger partial charge in [-0.25, -0.2) is 0 Å². The van der Waals surface area contributed by atoms with E-state index < -0.39 is 12.1 Å². The molecule has 0 aromatic heterocycles. The second-order valence-corrected chi connectivity index (χ2v) is 6.19. The number of amides is 2. The Bertz CT molecular complexity index is 706. The van der Waals surface area contributed by atoms with Gasteiger partial charge in [0.15, 0.2) is 0 Å². The largest absolute Gasteiger partial charge is 0.381 e. The molecule has 24 heavy (non-hydrogen) atoms. The van der Waals surface area contributed by atoms with Gasteiger partial charge in [-0.05, 0) is 38.0 Å². The molecule has 1 aromatic carbocycles. The van der Waals surface area contributed by atoms with Crippen molar-refractivity contribution in [2.24, 2.45) is 11.7 Å². The Morgan fingerprint density at radius 3 is 2.79 bits per heavy atom. The molecule has 3 N–H and O–H groups in total. The number of nitrogens with one attached hydrogen (secondary N) is 1.